The number of nitrogens with one attached hydrogen (secondary N) is 1. The van der Waals surface area contributed by atoms with Gasteiger partial charge in [0.25, 0.3) is 0 Å². The molecule has 2 N–H and O–H groups in total. The molecule has 0 aliphatic heterocycles. The molecule has 0 heterocycles. The van der Waals surface area contributed by atoms with Gasteiger partial charge >= 0.3 is 5.97 Å². The van der Waals surface area contributed by atoms with Crippen LogP contribution in [0.4, 0.5) is 24.5 Å². The summed E-state index contributed by atoms with van der Waals surface area (Å²) in [5.41, 5.74) is -2.36. The number of hydrogen-bond acceptors (Lipinski definition) is 3. The molecule has 0 unspecified atom stereocenters. The molecule has 7 heteroatoms. The lowest BCUT2D eigenvalue weighted by molar-refractivity contribution is 0.0697. The van der Waals surface area contributed by atoms with E-state index < -0.39 is 40.2 Å². The van der Waals surface area contributed by atoms with Crippen molar-refractivity contribution < 1.29 is 27.9 Å². The van der Waals surface area contributed by atoms with Crippen LogP contribution in [0.1, 0.15) is 26.3 Å². The predicted molar refractivity (Wildman–Crippen MR) is 76.3 cm³/mol. The van der Waals surface area contributed by atoms with Crippen LogP contribution in [0.5, 0.6) is 0 Å². The maximum absolute atomic E-state index is 14.0. The molecule has 0 amide bonds. The van der Waals surface area contributed by atoms with Crippen molar-refractivity contribution in [2.75, 3.05) is 5.32 Å². The third-order valence-corrected chi connectivity index (χ3v) is 2.99. The molecule has 0 spiro atoms. The van der Waals surface area contributed by atoms with Crippen molar-refractivity contribution in [1.29, 1.82) is 0 Å². The fraction of sp³-hybridized carbons (Fsp3) is 0. The number of carbonyl (C=O) groups excluding carboxylic acids is 1. The minimum atomic E-state index is -1.62. The standard InChI is InChI=1S/C16H8F3NO3/c1-2-8-3-4-12(11(17)5-8)20-15-10(16(22)23)6-9(7-21)13(18)14(15)19/h1,3-7,20H,(H,22,23). The third kappa shape index (κ3) is 3.01. The van der Waals surface area contributed by atoms with E-state index in [-0.39, 0.29) is 17.5 Å². The van der Waals surface area contributed by atoms with Crippen LogP contribution >= 0.6 is 0 Å². The van der Waals surface area contributed by atoms with Crippen molar-refractivity contribution >= 4 is 23.6 Å². The summed E-state index contributed by atoms with van der Waals surface area (Å²) in [6, 6.07) is 4.11. The van der Waals surface area contributed by atoms with Crippen molar-refractivity contribution in [3.05, 3.63) is 58.4 Å². The van der Waals surface area contributed by atoms with Crippen molar-refractivity contribution in [2.24, 2.45) is 0 Å². The maximum Gasteiger partial charge on any atom is 0.337 e. The van der Waals surface area contributed by atoms with E-state index in [1.54, 1.807) is 0 Å². The third-order valence-electron chi connectivity index (χ3n) is 2.99. The first kappa shape index (κ1) is 16.1. The van der Waals surface area contributed by atoms with Crippen LogP contribution < -0.4 is 5.32 Å². The lowest BCUT2D eigenvalue weighted by Crippen LogP contribution is -2.10. The first-order valence-electron chi connectivity index (χ1n) is 6.12. The van der Waals surface area contributed by atoms with Gasteiger partial charge in [-0.1, -0.05) is 5.92 Å². The predicted octanol–water partition coefficient (Wildman–Crippen LogP) is 3.34. The van der Waals surface area contributed by atoms with Gasteiger partial charge in [0.15, 0.2) is 17.9 Å². The summed E-state index contributed by atoms with van der Waals surface area (Å²) < 4.78 is 41.5. The topological polar surface area (TPSA) is 66.4 Å². The van der Waals surface area contributed by atoms with E-state index >= 15 is 0 Å². The molecule has 23 heavy (non-hydrogen) atoms. The van der Waals surface area contributed by atoms with Gasteiger partial charge in [0, 0.05) is 5.56 Å². The number of aldehydes is 1. The molecule has 0 bridgehead atoms. The molecule has 4 nitrogen and oxygen atoms in total. The second-order valence-electron chi connectivity index (χ2n) is 4.40. The van der Waals surface area contributed by atoms with Gasteiger partial charge in [-0.05, 0) is 24.3 Å². The zero-order valence-electron chi connectivity index (χ0n) is 11.4. The molecular formula is C16H8F3NO3. The Labute approximate surface area is 128 Å². The molecular weight excluding hydrogens is 311 g/mol. The Hall–Kier alpha value is -3.27. The monoisotopic (exact) mass is 319 g/mol. The number of carboxylic acids is 1. The summed E-state index contributed by atoms with van der Waals surface area (Å²) in [6.45, 7) is 0. The molecule has 116 valence electrons. The largest absolute Gasteiger partial charge is 0.478 e. The number of halogens is 3. The van der Waals surface area contributed by atoms with E-state index in [0.717, 1.165) is 12.1 Å². The van der Waals surface area contributed by atoms with Gasteiger partial charge in [0.2, 0.25) is 0 Å². The van der Waals surface area contributed by atoms with Gasteiger partial charge < -0.3 is 10.4 Å². The van der Waals surface area contributed by atoms with E-state index in [1.165, 1.54) is 6.07 Å². The van der Waals surface area contributed by atoms with Crippen molar-refractivity contribution in [3.8, 4) is 12.3 Å². The normalized spacial score (nSPS) is 10.0. The lowest BCUT2D eigenvalue weighted by atomic mass is 10.1. The first-order valence-corrected chi connectivity index (χ1v) is 6.12. The summed E-state index contributed by atoms with van der Waals surface area (Å²) in [4.78, 5) is 21.8. The fourth-order valence-corrected chi connectivity index (χ4v) is 1.86. The number of carboxylic acid groups (broad SMARTS) is 1. The zero-order valence-corrected chi connectivity index (χ0v) is 11.4. The summed E-state index contributed by atoms with van der Waals surface area (Å²) in [6.07, 6.45) is 5.09. The summed E-state index contributed by atoms with van der Waals surface area (Å²) >= 11 is 0. The van der Waals surface area contributed by atoms with Crippen LogP contribution in [0.25, 0.3) is 0 Å². The van der Waals surface area contributed by atoms with Crippen LogP contribution in [-0.2, 0) is 0 Å². The Morgan fingerprint density at radius 3 is 2.43 bits per heavy atom. The highest BCUT2D eigenvalue weighted by atomic mass is 19.2. The molecule has 0 aliphatic carbocycles. The van der Waals surface area contributed by atoms with Crippen LogP contribution in [0.15, 0.2) is 24.3 Å². The van der Waals surface area contributed by atoms with Gasteiger partial charge in [0.05, 0.1) is 22.5 Å². The van der Waals surface area contributed by atoms with Crippen LogP contribution in [0, 0.1) is 29.8 Å². The minimum Gasteiger partial charge on any atom is -0.478 e. The highest BCUT2D eigenvalue weighted by molar-refractivity contribution is 5.97. The van der Waals surface area contributed by atoms with Gasteiger partial charge in [-0.15, -0.1) is 6.42 Å². The first-order chi connectivity index (χ1) is 10.9. The fourth-order valence-electron chi connectivity index (χ4n) is 1.86. The number of hydrogen-bond donors (Lipinski definition) is 2. The molecule has 0 radical (unpaired) electrons. The second-order valence-corrected chi connectivity index (χ2v) is 4.40. The summed E-state index contributed by atoms with van der Waals surface area (Å²) in [5, 5.41) is 11.2. The number of rotatable bonds is 4. The Bertz CT molecular complexity index is 857. The average Bonchev–Trinajstić information content (AvgIpc) is 2.53. The second kappa shape index (κ2) is 6.23. The number of carbonyl (C=O) groups is 2. The van der Waals surface area contributed by atoms with Gasteiger partial charge in [-0.2, -0.15) is 0 Å². The number of terminal acetylenes is 1. The Kier molecular flexibility index (Phi) is 4.37. The Morgan fingerprint density at radius 2 is 1.91 bits per heavy atom. The highest BCUT2D eigenvalue weighted by Gasteiger charge is 2.23. The van der Waals surface area contributed by atoms with E-state index in [0.29, 0.717) is 6.07 Å². The summed E-state index contributed by atoms with van der Waals surface area (Å²) in [5.74, 6) is -3.44. The minimum absolute atomic E-state index is 0.0169. The van der Waals surface area contributed by atoms with Gasteiger partial charge in [-0.25, -0.2) is 18.0 Å². The van der Waals surface area contributed by atoms with Gasteiger partial charge in [0.1, 0.15) is 5.82 Å². The van der Waals surface area contributed by atoms with Crippen LogP contribution in [0.3, 0.4) is 0 Å². The molecule has 2 aromatic rings. The molecule has 0 atom stereocenters. The van der Waals surface area contributed by atoms with Crippen LogP contribution in [-0.4, -0.2) is 17.4 Å². The molecule has 0 aromatic heterocycles. The number of aromatic carboxylic acids is 1. The highest BCUT2D eigenvalue weighted by Crippen LogP contribution is 2.29. The Balaban J connectivity index is 2.60. The summed E-state index contributed by atoms with van der Waals surface area (Å²) in [7, 11) is 0. The Morgan fingerprint density at radius 1 is 1.22 bits per heavy atom. The van der Waals surface area contributed by atoms with Crippen molar-refractivity contribution in [3.63, 3.8) is 0 Å². The molecule has 0 saturated carbocycles. The maximum atomic E-state index is 14.0. The van der Waals surface area contributed by atoms with Gasteiger partial charge in [-0.3, -0.25) is 4.79 Å². The van der Waals surface area contributed by atoms with E-state index in [1.807, 2.05) is 0 Å². The lowest BCUT2D eigenvalue weighted by Gasteiger charge is -2.13. The average molecular weight is 319 g/mol. The SMILES string of the molecule is C#Cc1ccc(Nc2c(C(=O)O)cc(C=O)c(F)c2F)c(F)c1. The molecule has 2 aromatic carbocycles. The zero-order chi connectivity index (χ0) is 17.1. The van der Waals surface area contributed by atoms with E-state index in [9.17, 15) is 22.8 Å². The quantitative estimate of drug-likeness (QED) is 0.670. The van der Waals surface area contributed by atoms with E-state index in [4.69, 9.17) is 11.5 Å². The van der Waals surface area contributed by atoms with E-state index in [2.05, 4.69) is 11.2 Å². The molecule has 0 saturated heterocycles. The smallest absolute Gasteiger partial charge is 0.337 e. The van der Waals surface area contributed by atoms with Crippen LogP contribution in [0.2, 0.25) is 0 Å². The number of anilines is 2. The number of benzene rings is 2. The van der Waals surface area contributed by atoms with Crippen molar-refractivity contribution in [2.45, 2.75) is 0 Å². The molecule has 0 fully saturated rings. The van der Waals surface area contributed by atoms with Crippen molar-refractivity contribution in [1.82, 2.24) is 0 Å². The molecule has 0 aliphatic rings. The molecule has 2 rings (SSSR count).